The third kappa shape index (κ3) is 3.01. The smallest absolute Gasteiger partial charge is 0.246 e. The highest BCUT2D eigenvalue weighted by Crippen LogP contribution is 2.37. The molecule has 1 aliphatic rings. The summed E-state index contributed by atoms with van der Waals surface area (Å²) in [6.07, 6.45) is 1.29. The van der Waals surface area contributed by atoms with Crippen molar-refractivity contribution in [2.75, 3.05) is 13.7 Å². The Kier molecular flexibility index (Phi) is 4.56. The summed E-state index contributed by atoms with van der Waals surface area (Å²) >= 11 is 0. The predicted molar refractivity (Wildman–Crippen MR) is 85.2 cm³/mol. The molecule has 0 aliphatic carbocycles. The Morgan fingerprint density at radius 1 is 1.12 bits per heavy atom. The zero-order valence-corrected chi connectivity index (χ0v) is 13.9. The van der Waals surface area contributed by atoms with E-state index in [0.717, 1.165) is 23.8 Å². The fraction of sp³-hybridized carbons (Fsp3) is 0.294. The molecule has 0 aromatic heterocycles. The summed E-state index contributed by atoms with van der Waals surface area (Å²) in [6.45, 7) is 0.273. The van der Waals surface area contributed by atoms with Crippen molar-refractivity contribution in [1.82, 2.24) is 4.31 Å². The quantitative estimate of drug-likeness (QED) is 0.845. The zero-order valence-electron chi connectivity index (χ0n) is 13.1. The topological polar surface area (TPSA) is 46.6 Å². The molecule has 1 heterocycles. The number of ether oxygens (including phenoxy) is 1. The van der Waals surface area contributed by atoms with Gasteiger partial charge in [0.25, 0.3) is 0 Å². The van der Waals surface area contributed by atoms with Gasteiger partial charge in [0, 0.05) is 6.54 Å². The number of rotatable bonds is 4. The molecule has 0 bridgehead atoms. The molecule has 2 aromatic carbocycles. The largest absolute Gasteiger partial charge is 0.497 e. The van der Waals surface area contributed by atoms with E-state index in [2.05, 4.69) is 0 Å². The van der Waals surface area contributed by atoms with E-state index in [-0.39, 0.29) is 6.54 Å². The molecule has 0 spiro atoms. The molecule has 1 atom stereocenters. The molecule has 0 radical (unpaired) electrons. The first-order valence-corrected chi connectivity index (χ1v) is 8.98. The highest BCUT2D eigenvalue weighted by Gasteiger charge is 2.37. The lowest BCUT2D eigenvalue weighted by Gasteiger charge is -2.24. The van der Waals surface area contributed by atoms with Crippen LogP contribution in [0.4, 0.5) is 8.78 Å². The Hall–Kier alpha value is -1.99. The van der Waals surface area contributed by atoms with Crippen LogP contribution >= 0.6 is 0 Å². The Morgan fingerprint density at radius 3 is 2.50 bits per heavy atom. The Balaban J connectivity index is 1.98. The van der Waals surface area contributed by atoms with Crippen molar-refractivity contribution in [1.29, 1.82) is 0 Å². The van der Waals surface area contributed by atoms with Crippen LogP contribution in [0.15, 0.2) is 47.4 Å². The minimum atomic E-state index is -4.12. The monoisotopic (exact) mass is 353 g/mol. The van der Waals surface area contributed by atoms with Crippen LogP contribution in [0, 0.1) is 11.6 Å². The van der Waals surface area contributed by atoms with E-state index in [1.165, 1.54) is 4.31 Å². The van der Waals surface area contributed by atoms with E-state index < -0.39 is 32.6 Å². The van der Waals surface area contributed by atoms with Crippen LogP contribution in [0.25, 0.3) is 0 Å². The average molecular weight is 353 g/mol. The number of methoxy groups -OCH3 is 1. The summed E-state index contributed by atoms with van der Waals surface area (Å²) in [5, 5.41) is 0. The molecule has 1 fully saturated rings. The van der Waals surface area contributed by atoms with Gasteiger partial charge in [-0.2, -0.15) is 4.31 Å². The van der Waals surface area contributed by atoms with Crippen molar-refractivity contribution in [3.63, 3.8) is 0 Å². The maximum absolute atomic E-state index is 14.0. The first-order valence-electron chi connectivity index (χ1n) is 7.54. The summed E-state index contributed by atoms with van der Waals surface area (Å²) in [7, 11) is -2.57. The molecule has 1 saturated heterocycles. The minimum Gasteiger partial charge on any atom is -0.497 e. The average Bonchev–Trinajstić information content (AvgIpc) is 3.07. The van der Waals surface area contributed by atoms with Gasteiger partial charge in [0.1, 0.15) is 22.3 Å². The van der Waals surface area contributed by atoms with Crippen molar-refractivity contribution in [3.05, 3.63) is 59.7 Å². The summed E-state index contributed by atoms with van der Waals surface area (Å²) in [6, 6.07) is 9.15. The SMILES string of the molecule is COc1ccc([C@H]2CCCN2S(=O)(=O)c2cc(F)ccc2F)cc1. The lowest BCUT2D eigenvalue weighted by molar-refractivity contribution is 0.391. The van der Waals surface area contributed by atoms with Gasteiger partial charge < -0.3 is 4.74 Å². The normalized spacial score (nSPS) is 18.7. The van der Waals surface area contributed by atoms with Crippen molar-refractivity contribution < 1.29 is 21.9 Å². The van der Waals surface area contributed by atoms with Gasteiger partial charge >= 0.3 is 0 Å². The third-order valence-corrected chi connectivity index (χ3v) is 6.11. The lowest BCUT2D eigenvalue weighted by Crippen LogP contribution is -2.31. The van der Waals surface area contributed by atoms with Gasteiger partial charge in [-0.3, -0.25) is 0 Å². The predicted octanol–water partition coefficient (Wildman–Crippen LogP) is 3.50. The molecule has 0 saturated carbocycles. The highest BCUT2D eigenvalue weighted by atomic mass is 32.2. The van der Waals surface area contributed by atoms with E-state index in [9.17, 15) is 17.2 Å². The lowest BCUT2D eigenvalue weighted by atomic mass is 10.1. The van der Waals surface area contributed by atoms with Crippen molar-refractivity contribution in [2.45, 2.75) is 23.8 Å². The second-order valence-corrected chi connectivity index (χ2v) is 7.48. The highest BCUT2D eigenvalue weighted by molar-refractivity contribution is 7.89. The molecule has 3 rings (SSSR count). The molecular formula is C17H17F2NO3S. The Morgan fingerprint density at radius 2 is 1.83 bits per heavy atom. The molecule has 7 heteroatoms. The summed E-state index contributed by atoms with van der Waals surface area (Å²) in [5.41, 5.74) is 0.800. The minimum absolute atomic E-state index is 0.273. The molecule has 1 aliphatic heterocycles. The number of nitrogens with zero attached hydrogens (tertiary/aromatic N) is 1. The van der Waals surface area contributed by atoms with Gasteiger partial charge in [-0.1, -0.05) is 12.1 Å². The van der Waals surface area contributed by atoms with E-state index in [4.69, 9.17) is 4.74 Å². The Labute approximate surface area is 139 Å². The van der Waals surface area contributed by atoms with Gasteiger partial charge in [-0.15, -0.1) is 0 Å². The number of hydrogen-bond donors (Lipinski definition) is 0. The van der Waals surface area contributed by atoms with Crippen LogP contribution in [-0.4, -0.2) is 26.4 Å². The summed E-state index contributed by atoms with van der Waals surface area (Å²) in [5.74, 6) is -1.06. The van der Waals surface area contributed by atoms with Gasteiger partial charge in [0.15, 0.2) is 0 Å². The fourth-order valence-corrected chi connectivity index (χ4v) is 4.75. The van der Waals surface area contributed by atoms with Crippen LogP contribution in [0.2, 0.25) is 0 Å². The second-order valence-electron chi connectivity index (χ2n) is 5.62. The second kappa shape index (κ2) is 6.49. The Bertz CT molecular complexity index is 837. The first kappa shape index (κ1) is 16.9. The molecule has 2 aromatic rings. The van der Waals surface area contributed by atoms with E-state index in [1.54, 1.807) is 31.4 Å². The number of hydrogen-bond acceptors (Lipinski definition) is 3. The molecule has 0 unspecified atom stereocenters. The zero-order chi connectivity index (χ0) is 17.3. The van der Waals surface area contributed by atoms with Crippen molar-refractivity contribution in [2.24, 2.45) is 0 Å². The van der Waals surface area contributed by atoms with Crippen molar-refractivity contribution >= 4 is 10.0 Å². The summed E-state index contributed by atoms with van der Waals surface area (Å²) < 4.78 is 59.3. The van der Waals surface area contributed by atoms with E-state index in [0.29, 0.717) is 18.6 Å². The van der Waals surface area contributed by atoms with Crippen LogP contribution in [0.1, 0.15) is 24.4 Å². The first-order chi connectivity index (χ1) is 11.4. The molecular weight excluding hydrogens is 336 g/mol. The van der Waals surface area contributed by atoms with Crippen LogP contribution < -0.4 is 4.74 Å². The van der Waals surface area contributed by atoms with Crippen LogP contribution in [0.3, 0.4) is 0 Å². The number of benzene rings is 2. The maximum Gasteiger partial charge on any atom is 0.246 e. The van der Waals surface area contributed by atoms with Gasteiger partial charge in [-0.05, 0) is 48.7 Å². The summed E-state index contributed by atoms with van der Waals surface area (Å²) in [4.78, 5) is -0.622. The molecule has 128 valence electrons. The molecule has 0 amide bonds. The van der Waals surface area contributed by atoms with E-state index >= 15 is 0 Å². The van der Waals surface area contributed by atoms with Gasteiger partial charge in [0.05, 0.1) is 13.2 Å². The van der Waals surface area contributed by atoms with Crippen LogP contribution in [-0.2, 0) is 10.0 Å². The van der Waals surface area contributed by atoms with Gasteiger partial charge in [-0.25, -0.2) is 17.2 Å². The fourth-order valence-electron chi connectivity index (χ4n) is 2.99. The van der Waals surface area contributed by atoms with E-state index in [1.807, 2.05) is 0 Å². The maximum atomic E-state index is 14.0. The molecule has 24 heavy (non-hydrogen) atoms. The third-order valence-electron chi connectivity index (χ3n) is 4.18. The van der Waals surface area contributed by atoms with Crippen LogP contribution in [0.5, 0.6) is 5.75 Å². The molecule has 4 nitrogen and oxygen atoms in total. The van der Waals surface area contributed by atoms with Crippen molar-refractivity contribution in [3.8, 4) is 5.75 Å². The number of sulfonamides is 1. The molecule has 0 N–H and O–H groups in total. The number of halogens is 2. The van der Waals surface area contributed by atoms with Gasteiger partial charge in [0.2, 0.25) is 10.0 Å². The standard InChI is InChI=1S/C17H17F2NO3S/c1-23-14-7-4-12(5-8-14)16-3-2-10-20(16)24(21,22)17-11-13(18)6-9-15(17)19/h4-9,11,16H,2-3,10H2,1H3/t16-/m1/s1.